The Morgan fingerprint density at radius 3 is 2.80 bits per heavy atom. The molecule has 1 N–H and O–H groups in total. The molecule has 0 bridgehead atoms. The average Bonchev–Trinajstić information content (AvgIpc) is 3.12. The fourth-order valence-corrected chi connectivity index (χ4v) is 3.91. The van der Waals surface area contributed by atoms with Crippen LogP contribution >= 0.6 is 0 Å². The van der Waals surface area contributed by atoms with E-state index < -0.39 is 10.0 Å². The van der Waals surface area contributed by atoms with E-state index in [0.717, 1.165) is 38.9 Å². The standard InChI is InChI=1S/C13H24N4O2S/c1-3-14-8-5-9-16-11-13(10-15-16)20(18,19)17(4-2)12-6-7-12/h10-12,14H,3-9H2,1-2H3. The fourth-order valence-electron chi connectivity index (χ4n) is 2.27. The summed E-state index contributed by atoms with van der Waals surface area (Å²) >= 11 is 0. The van der Waals surface area contributed by atoms with Crippen LogP contribution < -0.4 is 5.32 Å². The maximum atomic E-state index is 12.5. The van der Waals surface area contributed by atoms with E-state index in [0.29, 0.717) is 11.4 Å². The van der Waals surface area contributed by atoms with Gasteiger partial charge in [-0.25, -0.2) is 8.42 Å². The van der Waals surface area contributed by atoms with E-state index in [1.807, 2.05) is 6.92 Å². The molecule has 0 saturated heterocycles. The molecule has 1 saturated carbocycles. The van der Waals surface area contributed by atoms with Crippen LogP contribution in [0.5, 0.6) is 0 Å². The zero-order chi connectivity index (χ0) is 14.6. The SMILES string of the molecule is CCNCCCn1cc(S(=O)(=O)N(CC)C2CC2)cn1. The van der Waals surface area contributed by atoms with Crippen LogP contribution in [0.3, 0.4) is 0 Å². The molecule has 0 atom stereocenters. The first-order chi connectivity index (χ1) is 9.59. The Hall–Kier alpha value is -0.920. The van der Waals surface area contributed by atoms with Gasteiger partial charge in [0.2, 0.25) is 10.0 Å². The van der Waals surface area contributed by atoms with Gasteiger partial charge < -0.3 is 5.32 Å². The Labute approximate surface area is 121 Å². The van der Waals surface area contributed by atoms with Gasteiger partial charge in [0.1, 0.15) is 4.90 Å². The molecule has 1 heterocycles. The highest BCUT2D eigenvalue weighted by atomic mass is 32.2. The van der Waals surface area contributed by atoms with E-state index in [9.17, 15) is 8.42 Å². The van der Waals surface area contributed by atoms with Crippen LogP contribution in [0, 0.1) is 0 Å². The molecule has 114 valence electrons. The minimum atomic E-state index is -3.37. The number of nitrogens with zero attached hydrogens (tertiary/aromatic N) is 3. The first kappa shape index (κ1) is 15.5. The lowest BCUT2D eigenvalue weighted by Crippen LogP contribution is -2.32. The summed E-state index contributed by atoms with van der Waals surface area (Å²) in [5.74, 6) is 0. The molecule has 1 aliphatic carbocycles. The van der Waals surface area contributed by atoms with Crippen molar-refractivity contribution < 1.29 is 8.42 Å². The molecule has 20 heavy (non-hydrogen) atoms. The van der Waals surface area contributed by atoms with E-state index >= 15 is 0 Å². The van der Waals surface area contributed by atoms with Gasteiger partial charge in [-0.15, -0.1) is 0 Å². The maximum absolute atomic E-state index is 12.5. The largest absolute Gasteiger partial charge is 0.317 e. The third-order valence-corrected chi connectivity index (χ3v) is 5.45. The first-order valence-corrected chi connectivity index (χ1v) is 8.78. The maximum Gasteiger partial charge on any atom is 0.246 e. The van der Waals surface area contributed by atoms with E-state index in [1.165, 1.54) is 6.20 Å². The zero-order valence-corrected chi connectivity index (χ0v) is 13.1. The van der Waals surface area contributed by atoms with Crippen molar-refractivity contribution in [3.63, 3.8) is 0 Å². The Morgan fingerprint density at radius 2 is 2.20 bits per heavy atom. The molecule has 1 fully saturated rings. The number of aryl methyl sites for hydroxylation is 1. The van der Waals surface area contributed by atoms with Crippen molar-refractivity contribution in [1.82, 2.24) is 19.4 Å². The smallest absolute Gasteiger partial charge is 0.246 e. The Morgan fingerprint density at radius 1 is 1.45 bits per heavy atom. The van der Waals surface area contributed by atoms with Crippen LogP contribution in [0.4, 0.5) is 0 Å². The predicted molar refractivity (Wildman–Crippen MR) is 78.0 cm³/mol. The normalized spacial score (nSPS) is 15.9. The number of nitrogens with one attached hydrogen (secondary N) is 1. The van der Waals surface area contributed by atoms with E-state index in [2.05, 4.69) is 17.3 Å². The summed E-state index contributed by atoms with van der Waals surface area (Å²) in [6.45, 7) is 7.08. The molecule has 1 aliphatic rings. The quantitative estimate of drug-likeness (QED) is 0.692. The summed E-state index contributed by atoms with van der Waals surface area (Å²) in [6.07, 6.45) is 6.00. The summed E-state index contributed by atoms with van der Waals surface area (Å²) in [4.78, 5) is 0.315. The number of rotatable bonds is 9. The number of aromatic nitrogens is 2. The summed E-state index contributed by atoms with van der Waals surface area (Å²) < 4.78 is 28.3. The van der Waals surface area contributed by atoms with Gasteiger partial charge in [-0.3, -0.25) is 4.68 Å². The Bertz CT molecular complexity index is 522. The van der Waals surface area contributed by atoms with Crippen molar-refractivity contribution in [2.75, 3.05) is 19.6 Å². The molecule has 0 amide bonds. The summed E-state index contributed by atoms with van der Waals surface area (Å²) in [5.41, 5.74) is 0. The Balaban J connectivity index is 1.99. The van der Waals surface area contributed by atoms with Crippen molar-refractivity contribution in [1.29, 1.82) is 0 Å². The molecule has 2 rings (SSSR count). The minimum absolute atomic E-state index is 0.196. The van der Waals surface area contributed by atoms with Crippen molar-refractivity contribution in [2.45, 2.75) is 50.6 Å². The van der Waals surface area contributed by atoms with Crippen molar-refractivity contribution >= 4 is 10.0 Å². The molecule has 7 heteroatoms. The molecule has 0 aliphatic heterocycles. The molecular weight excluding hydrogens is 276 g/mol. The van der Waals surface area contributed by atoms with Gasteiger partial charge in [-0.1, -0.05) is 13.8 Å². The number of sulfonamides is 1. The zero-order valence-electron chi connectivity index (χ0n) is 12.2. The Kier molecular flexibility index (Phi) is 5.17. The highest BCUT2D eigenvalue weighted by molar-refractivity contribution is 7.89. The van der Waals surface area contributed by atoms with Gasteiger partial charge in [0.15, 0.2) is 0 Å². The summed E-state index contributed by atoms with van der Waals surface area (Å²) in [5, 5.41) is 7.40. The number of hydrogen-bond acceptors (Lipinski definition) is 4. The van der Waals surface area contributed by atoms with Gasteiger partial charge in [-0.2, -0.15) is 9.40 Å². The molecule has 0 spiro atoms. The van der Waals surface area contributed by atoms with Crippen LogP contribution in [0.2, 0.25) is 0 Å². The monoisotopic (exact) mass is 300 g/mol. The first-order valence-electron chi connectivity index (χ1n) is 7.34. The van der Waals surface area contributed by atoms with Crippen LogP contribution in [0.1, 0.15) is 33.1 Å². The summed E-state index contributed by atoms with van der Waals surface area (Å²) in [7, 11) is -3.37. The van der Waals surface area contributed by atoms with Gasteiger partial charge in [-0.05, 0) is 32.4 Å². The second-order valence-corrected chi connectivity index (χ2v) is 6.98. The van der Waals surface area contributed by atoms with Gasteiger partial charge in [0, 0.05) is 25.3 Å². The molecular formula is C13H24N4O2S. The van der Waals surface area contributed by atoms with Crippen LogP contribution in [-0.4, -0.2) is 48.2 Å². The second kappa shape index (κ2) is 6.69. The lowest BCUT2D eigenvalue weighted by atomic mass is 10.4. The number of hydrogen-bond donors (Lipinski definition) is 1. The average molecular weight is 300 g/mol. The van der Waals surface area contributed by atoms with Gasteiger partial charge in [0.05, 0.1) is 6.20 Å². The molecule has 0 radical (unpaired) electrons. The predicted octanol–water partition coefficient (Wildman–Crippen LogP) is 1.06. The fraction of sp³-hybridized carbons (Fsp3) is 0.769. The molecule has 1 aromatic heterocycles. The van der Waals surface area contributed by atoms with Crippen LogP contribution in [0.25, 0.3) is 0 Å². The summed E-state index contributed by atoms with van der Waals surface area (Å²) in [6, 6.07) is 0.196. The molecule has 0 unspecified atom stereocenters. The minimum Gasteiger partial charge on any atom is -0.317 e. The lowest BCUT2D eigenvalue weighted by Gasteiger charge is -2.18. The van der Waals surface area contributed by atoms with E-state index in [4.69, 9.17) is 0 Å². The highest BCUT2D eigenvalue weighted by Crippen LogP contribution is 2.31. The molecule has 6 nitrogen and oxygen atoms in total. The highest BCUT2D eigenvalue weighted by Gasteiger charge is 2.37. The molecule has 0 aromatic carbocycles. The van der Waals surface area contributed by atoms with E-state index in [-0.39, 0.29) is 6.04 Å². The van der Waals surface area contributed by atoms with E-state index in [1.54, 1.807) is 15.2 Å². The van der Waals surface area contributed by atoms with Crippen molar-refractivity contribution in [2.24, 2.45) is 0 Å². The second-order valence-electron chi connectivity index (χ2n) is 5.09. The van der Waals surface area contributed by atoms with Gasteiger partial charge in [0.25, 0.3) is 0 Å². The van der Waals surface area contributed by atoms with Crippen LogP contribution in [-0.2, 0) is 16.6 Å². The molecule has 1 aromatic rings. The van der Waals surface area contributed by atoms with Crippen molar-refractivity contribution in [3.8, 4) is 0 Å². The van der Waals surface area contributed by atoms with Gasteiger partial charge >= 0.3 is 0 Å². The topological polar surface area (TPSA) is 67.2 Å². The third kappa shape index (κ3) is 3.59. The van der Waals surface area contributed by atoms with Crippen LogP contribution in [0.15, 0.2) is 17.3 Å². The van der Waals surface area contributed by atoms with Crippen molar-refractivity contribution in [3.05, 3.63) is 12.4 Å². The lowest BCUT2D eigenvalue weighted by molar-refractivity contribution is 0.421. The third-order valence-electron chi connectivity index (χ3n) is 3.47.